The number of nitrogens with one attached hydrogen (secondary N) is 2. The fraction of sp³-hybridized carbons (Fsp3) is 0.381. The molecule has 3 rings (SSSR count). The van der Waals surface area contributed by atoms with Crippen molar-refractivity contribution in [1.82, 2.24) is 14.7 Å². The van der Waals surface area contributed by atoms with E-state index in [-0.39, 0.29) is 18.6 Å². The Labute approximate surface area is 178 Å². The first kappa shape index (κ1) is 21.8. The van der Waals surface area contributed by atoms with Gasteiger partial charge in [-0.2, -0.15) is 11.3 Å². The molecule has 30 heavy (non-hydrogen) atoms. The second kappa shape index (κ2) is 8.85. The van der Waals surface area contributed by atoms with Gasteiger partial charge in [0, 0.05) is 17.1 Å². The highest BCUT2D eigenvalue weighted by Gasteiger charge is 2.25. The number of ether oxygens (including phenoxy) is 1. The number of hydrogen-bond donors (Lipinski definition) is 3. The number of aromatic nitrogens is 2. The van der Waals surface area contributed by atoms with Crippen LogP contribution in [0, 0.1) is 0 Å². The van der Waals surface area contributed by atoms with E-state index in [1.165, 1.54) is 11.3 Å². The lowest BCUT2D eigenvalue weighted by molar-refractivity contribution is 0.0636. The summed E-state index contributed by atoms with van der Waals surface area (Å²) in [6, 6.07) is 4.95. The molecule has 0 aliphatic heterocycles. The number of aliphatic hydroxyl groups excluding tert-OH is 1. The van der Waals surface area contributed by atoms with E-state index < -0.39 is 11.7 Å². The molecule has 160 valence electrons. The van der Waals surface area contributed by atoms with E-state index in [4.69, 9.17) is 4.74 Å². The van der Waals surface area contributed by atoms with Gasteiger partial charge in [-0.25, -0.2) is 9.78 Å². The van der Waals surface area contributed by atoms with Gasteiger partial charge in [-0.05, 0) is 50.8 Å². The lowest BCUT2D eigenvalue weighted by Crippen LogP contribution is -2.37. The van der Waals surface area contributed by atoms with Gasteiger partial charge in [-0.15, -0.1) is 0 Å². The molecule has 2 amide bonds. The average molecular weight is 431 g/mol. The molecule has 9 heteroatoms. The van der Waals surface area contributed by atoms with Crippen LogP contribution in [0.2, 0.25) is 0 Å². The summed E-state index contributed by atoms with van der Waals surface area (Å²) >= 11 is 1.50. The minimum atomic E-state index is -0.642. The van der Waals surface area contributed by atoms with E-state index in [9.17, 15) is 14.7 Å². The van der Waals surface area contributed by atoms with Crippen LogP contribution in [0.5, 0.6) is 0 Å². The summed E-state index contributed by atoms with van der Waals surface area (Å²) in [6.45, 7) is 7.08. The molecular weight excluding hydrogens is 404 g/mol. The molecule has 0 spiro atoms. The van der Waals surface area contributed by atoms with Crippen LogP contribution in [-0.2, 0) is 4.74 Å². The Balaban J connectivity index is 2.07. The maximum Gasteiger partial charge on any atom is 0.412 e. The van der Waals surface area contributed by atoms with Crippen molar-refractivity contribution in [3.05, 3.63) is 40.8 Å². The van der Waals surface area contributed by atoms with Gasteiger partial charge in [0.2, 0.25) is 0 Å². The van der Waals surface area contributed by atoms with Crippen molar-refractivity contribution in [2.75, 3.05) is 11.9 Å². The molecule has 0 saturated heterocycles. The smallest absolute Gasteiger partial charge is 0.412 e. The number of rotatable bonds is 6. The Bertz CT molecular complexity index is 1030. The van der Waals surface area contributed by atoms with E-state index in [2.05, 4.69) is 15.6 Å². The molecule has 0 aromatic carbocycles. The van der Waals surface area contributed by atoms with Crippen LogP contribution in [0.1, 0.15) is 44.6 Å². The van der Waals surface area contributed by atoms with Crippen molar-refractivity contribution in [3.8, 4) is 11.3 Å². The molecule has 8 nitrogen and oxygen atoms in total. The van der Waals surface area contributed by atoms with Crippen LogP contribution in [0.3, 0.4) is 0 Å². The van der Waals surface area contributed by atoms with Crippen molar-refractivity contribution in [2.24, 2.45) is 0 Å². The number of pyridine rings is 1. The zero-order valence-corrected chi connectivity index (χ0v) is 18.2. The normalized spacial score (nSPS) is 12.6. The summed E-state index contributed by atoms with van der Waals surface area (Å²) < 4.78 is 6.97. The Morgan fingerprint density at radius 2 is 2.10 bits per heavy atom. The van der Waals surface area contributed by atoms with Gasteiger partial charge in [0.25, 0.3) is 5.91 Å². The lowest BCUT2D eigenvalue weighted by atomic mass is 10.1. The van der Waals surface area contributed by atoms with E-state index in [1.54, 1.807) is 43.5 Å². The second-order valence-corrected chi connectivity index (χ2v) is 8.60. The van der Waals surface area contributed by atoms with Crippen LogP contribution in [-0.4, -0.2) is 44.7 Å². The van der Waals surface area contributed by atoms with Crippen molar-refractivity contribution >= 4 is 34.7 Å². The quantitative estimate of drug-likeness (QED) is 0.550. The number of hydrogen-bond acceptors (Lipinski definition) is 6. The summed E-state index contributed by atoms with van der Waals surface area (Å²) in [4.78, 5) is 30.0. The number of anilines is 1. The first-order valence-corrected chi connectivity index (χ1v) is 10.6. The first-order chi connectivity index (χ1) is 14.2. The SMILES string of the molecule is CC[C@@H](CO)NC(=O)c1c(-c2ccsc2)nc2c(NC(=O)OC(C)(C)C)cccn12. The minimum absolute atomic E-state index is 0.155. The standard InChI is InChI=1S/C21H26N4O4S/c1-5-14(11-26)22-19(27)17-16(13-8-10-30-12-13)24-18-15(7-6-9-25(17)18)23-20(28)29-21(2,3)4/h6-10,12,14,26H,5,11H2,1-4H3,(H,22,27)(H,23,28)/t14-/m0/s1. The fourth-order valence-corrected chi connectivity index (χ4v) is 3.57. The molecule has 0 unspecified atom stereocenters. The molecule has 0 saturated carbocycles. The monoisotopic (exact) mass is 430 g/mol. The van der Waals surface area contributed by atoms with Crippen LogP contribution in [0.4, 0.5) is 10.5 Å². The molecule has 3 heterocycles. The summed E-state index contributed by atoms with van der Waals surface area (Å²) in [5.74, 6) is -0.348. The number of amides is 2. The highest BCUT2D eigenvalue weighted by atomic mass is 32.1. The highest BCUT2D eigenvalue weighted by molar-refractivity contribution is 7.08. The number of thiophene rings is 1. The van der Waals surface area contributed by atoms with Gasteiger partial charge in [-0.3, -0.25) is 14.5 Å². The minimum Gasteiger partial charge on any atom is -0.444 e. The summed E-state index contributed by atoms with van der Waals surface area (Å²) in [5, 5.41) is 18.9. The molecule has 3 N–H and O–H groups in total. The van der Waals surface area contributed by atoms with Crippen LogP contribution >= 0.6 is 11.3 Å². The largest absolute Gasteiger partial charge is 0.444 e. The first-order valence-electron chi connectivity index (χ1n) is 9.69. The number of carbonyl (C=O) groups is 2. The van der Waals surface area contributed by atoms with Gasteiger partial charge in [-0.1, -0.05) is 6.92 Å². The molecule has 0 fully saturated rings. The third-order valence-electron chi connectivity index (χ3n) is 4.34. The van der Waals surface area contributed by atoms with Crippen molar-refractivity contribution in [1.29, 1.82) is 0 Å². The zero-order valence-electron chi connectivity index (χ0n) is 17.4. The zero-order chi connectivity index (χ0) is 21.9. The highest BCUT2D eigenvalue weighted by Crippen LogP contribution is 2.29. The summed E-state index contributed by atoms with van der Waals surface area (Å²) in [7, 11) is 0. The van der Waals surface area contributed by atoms with Gasteiger partial charge in [0.15, 0.2) is 5.65 Å². The van der Waals surface area contributed by atoms with Crippen molar-refractivity contribution in [2.45, 2.75) is 45.8 Å². The number of aliphatic hydroxyl groups is 1. The Hall–Kier alpha value is -2.91. The number of carbonyl (C=O) groups excluding carboxylic acids is 2. The van der Waals surface area contributed by atoms with Gasteiger partial charge in [0.1, 0.15) is 17.0 Å². The van der Waals surface area contributed by atoms with Crippen LogP contribution < -0.4 is 10.6 Å². The van der Waals surface area contributed by atoms with Crippen molar-refractivity contribution < 1.29 is 19.4 Å². The maximum atomic E-state index is 13.1. The maximum absolute atomic E-state index is 13.1. The van der Waals surface area contributed by atoms with Crippen LogP contribution in [0.15, 0.2) is 35.2 Å². The van der Waals surface area contributed by atoms with E-state index >= 15 is 0 Å². The third kappa shape index (κ3) is 4.80. The van der Waals surface area contributed by atoms with E-state index in [0.29, 0.717) is 29.1 Å². The molecule has 0 aliphatic carbocycles. The van der Waals surface area contributed by atoms with Crippen LogP contribution in [0.25, 0.3) is 16.9 Å². The van der Waals surface area contributed by atoms with Gasteiger partial charge in [0.05, 0.1) is 18.3 Å². The van der Waals surface area contributed by atoms with E-state index in [1.807, 2.05) is 23.8 Å². The predicted octanol–water partition coefficient (Wildman–Crippen LogP) is 3.91. The fourth-order valence-electron chi connectivity index (χ4n) is 2.93. The summed E-state index contributed by atoms with van der Waals surface area (Å²) in [6.07, 6.45) is 1.71. The molecule has 0 bridgehead atoms. The van der Waals surface area contributed by atoms with Crippen molar-refractivity contribution in [3.63, 3.8) is 0 Å². The van der Waals surface area contributed by atoms with Gasteiger partial charge >= 0.3 is 6.09 Å². The topological polar surface area (TPSA) is 105 Å². The molecule has 0 radical (unpaired) electrons. The molecular formula is C21H26N4O4S. The molecule has 3 aromatic rings. The molecule has 0 aliphatic rings. The molecule has 1 atom stereocenters. The Morgan fingerprint density at radius 1 is 1.33 bits per heavy atom. The number of imidazole rings is 1. The third-order valence-corrected chi connectivity index (χ3v) is 5.03. The second-order valence-electron chi connectivity index (χ2n) is 7.82. The summed E-state index contributed by atoms with van der Waals surface area (Å²) in [5.41, 5.74) is 1.84. The number of nitrogens with zero attached hydrogens (tertiary/aromatic N) is 2. The Morgan fingerprint density at radius 3 is 2.70 bits per heavy atom. The molecule has 3 aromatic heterocycles. The van der Waals surface area contributed by atoms with E-state index in [0.717, 1.165) is 5.56 Å². The van der Waals surface area contributed by atoms with Gasteiger partial charge < -0.3 is 15.2 Å². The average Bonchev–Trinajstić information content (AvgIpc) is 3.32. The number of fused-ring (bicyclic) bond motifs is 1. The predicted molar refractivity (Wildman–Crippen MR) is 117 cm³/mol. The Kier molecular flexibility index (Phi) is 6.42. The lowest BCUT2D eigenvalue weighted by Gasteiger charge is -2.19.